The van der Waals surface area contributed by atoms with Crippen LogP contribution in [0.15, 0.2) is 18.2 Å². The molecule has 1 heterocycles. The number of phenols is 2. The first-order chi connectivity index (χ1) is 8.49. The van der Waals surface area contributed by atoms with Crippen molar-refractivity contribution in [2.45, 2.75) is 19.4 Å². The second kappa shape index (κ2) is 4.86. The first-order valence-electron chi connectivity index (χ1n) is 6.06. The van der Waals surface area contributed by atoms with Crippen LogP contribution in [-0.2, 0) is 0 Å². The zero-order valence-electron chi connectivity index (χ0n) is 10.3. The average molecular weight is 250 g/mol. The Hall–Kier alpha value is -1.75. The summed E-state index contributed by atoms with van der Waals surface area (Å²) in [5, 5.41) is 19.0. The number of nitrogens with two attached hydrogens (primary N) is 1. The first kappa shape index (κ1) is 12.7. The summed E-state index contributed by atoms with van der Waals surface area (Å²) in [6.07, 6.45) is 0.854. The summed E-state index contributed by atoms with van der Waals surface area (Å²) < 4.78 is 0. The molecule has 1 saturated heterocycles. The summed E-state index contributed by atoms with van der Waals surface area (Å²) >= 11 is 0. The van der Waals surface area contributed by atoms with Gasteiger partial charge in [0.1, 0.15) is 11.5 Å². The minimum atomic E-state index is -0.286. The maximum Gasteiger partial charge on any atom is 0.257 e. The largest absolute Gasteiger partial charge is 0.508 e. The van der Waals surface area contributed by atoms with Crippen LogP contribution in [0.2, 0.25) is 0 Å². The molecular weight excluding hydrogens is 232 g/mol. The Labute approximate surface area is 106 Å². The van der Waals surface area contributed by atoms with Gasteiger partial charge in [-0.05, 0) is 30.5 Å². The Balaban J connectivity index is 2.19. The normalized spacial score (nSPS) is 24.0. The number of carbonyl (C=O) groups excluding carboxylic acids is 1. The van der Waals surface area contributed by atoms with E-state index in [1.807, 2.05) is 0 Å². The maximum atomic E-state index is 12.2. The summed E-state index contributed by atoms with van der Waals surface area (Å²) in [6, 6.07) is 3.90. The van der Waals surface area contributed by atoms with Gasteiger partial charge in [0.15, 0.2) is 0 Å². The molecule has 1 aliphatic rings. The van der Waals surface area contributed by atoms with E-state index in [2.05, 4.69) is 6.92 Å². The Morgan fingerprint density at radius 1 is 1.44 bits per heavy atom. The second-order valence-corrected chi connectivity index (χ2v) is 4.88. The van der Waals surface area contributed by atoms with E-state index in [1.54, 1.807) is 4.90 Å². The van der Waals surface area contributed by atoms with Crippen LogP contribution in [0.4, 0.5) is 0 Å². The van der Waals surface area contributed by atoms with E-state index < -0.39 is 0 Å². The van der Waals surface area contributed by atoms with Crippen molar-refractivity contribution in [2.24, 2.45) is 11.7 Å². The number of aromatic hydroxyl groups is 2. The quantitative estimate of drug-likeness (QED) is 0.646. The van der Waals surface area contributed by atoms with E-state index >= 15 is 0 Å². The second-order valence-electron chi connectivity index (χ2n) is 4.88. The fourth-order valence-electron chi connectivity index (χ4n) is 2.15. The Morgan fingerprint density at radius 2 is 2.17 bits per heavy atom. The fraction of sp³-hybridized carbons (Fsp3) is 0.462. The smallest absolute Gasteiger partial charge is 0.257 e. The summed E-state index contributed by atoms with van der Waals surface area (Å²) in [4.78, 5) is 13.8. The van der Waals surface area contributed by atoms with Crippen molar-refractivity contribution < 1.29 is 15.0 Å². The standard InChI is InChI=1S/C13H18N2O3/c1-8-4-5-15(7-11(8)14)13(18)10-6-9(16)2-3-12(10)17/h2-3,6,8,11,16-17H,4-5,7,14H2,1H3. The van der Waals surface area contributed by atoms with Gasteiger partial charge in [-0.15, -0.1) is 0 Å². The molecule has 18 heavy (non-hydrogen) atoms. The molecule has 0 saturated carbocycles. The summed E-state index contributed by atoms with van der Waals surface area (Å²) in [6.45, 7) is 3.18. The topological polar surface area (TPSA) is 86.8 Å². The summed E-state index contributed by atoms with van der Waals surface area (Å²) in [5.74, 6) is -0.0478. The number of rotatable bonds is 1. The van der Waals surface area contributed by atoms with Crippen molar-refractivity contribution >= 4 is 5.91 Å². The third kappa shape index (κ3) is 2.41. The van der Waals surface area contributed by atoms with E-state index in [0.29, 0.717) is 19.0 Å². The molecule has 1 fully saturated rings. The lowest BCUT2D eigenvalue weighted by molar-refractivity contribution is 0.0669. The van der Waals surface area contributed by atoms with Crippen LogP contribution >= 0.6 is 0 Å². The molecule has 1 aliphatic heterocycles. The Morgan fingerprint density at radius 3 is 2.83 bits per heavy atom. The molecule has 0 aliphatic carbocycles. The van der Waals surface area contributed by atoms with Gasteiger partial charge in [0.2, 0.25) is 0 Å². The number of phenolic OH excluding ortho intramolecular Hbond substituents is 2. The Kier molecular flexibility index (Phi) is 3.43. The van der Waals surface area contributed by atoms with Gasteiger partial charge < -0.3 is 20.8 Å². The highest BCUT2D eigenvalue weighted by Crippen LogP contribution is 2.25. The van der Waals surface area contributed by atoms with Crippen molar-refractivity contribution in [3.63, 3.8) is 0 Å². The van der Waals surface area contributed by atoms with Crippen molar-refractivity contribution in [1.82, 2.24) is 4.90 Å². The van der Waals surface area contributed by atoms with Crippen LogP contribution in [0.5, 0.6) is 11.5 Å². The predicted octanol–water partition coefficient (Wildman–Crippen LogP) is 0.907. The molecule has 1 amide bonds. The van der Waals surface area contributed by atoms with Crippen LogP contribution in [0.1, 0.15) is 23.7 Å². The van der Waals surface area contributed by atoms with Crippen LogP contribution < -0.4 is 5.73 Å². The number of piperidine rings is 1. The number of carbonyl (C=O) groups is 1. The lowest BCUT2D eigenvalue weighted by atomic mass is 9.94. The monoisotopic (exact) mass is 250 g/mol. The molecule has 2 unspecified atom stereocenters. The van der Waals surface area contributed by atoms with Gasteiger partial charge >= 0.3 is 0 Å². The number of nitrogens with zero attached hydrogens (tertiary/aromatic N) is 1. The molecule has 2 rings (SSSR count). The van der Waals surface area contributed by atoms with Gasteiger partial charge in [-0.25, -0.2) is 0 Å². The zero-order valence-corrected chi connectivity index (χ0v) is 10.3. The van der Waals surface area contributed by atoms with Crippen molar-refractivity contribution in [2.75, 3.05) is 13.1 Å². The van der Waals surface area contributed by atoms with E-state index in [4.69, 9.17) is 5.73 Å². The van der Waals surface area contributed by atoms with Crippen molar-refractivity contribution in [3.05, 3.63) is 23.8 Å². The number of hydrogen-bond acceptors (Lipinski definition) is 4. The number of benzene rings is 1. The first-order valence-corrected chi connectivity index (χ1v) is 6.06. The minimum absolute atomic E-state index is 0.0363. The zero-order chi connectivity index (χ0) is 13.3. The third-order valence-corrected chi connectivity index (χ3v) is 3.51. The van der Waals surface area contributed by atoms with Gasteiger partial charge in [-0.1, -0.05) is 6.92 Å². The average Bonchev–Trinajstić information content (AvgIpc) is 2.35. The van der Waals surface area contributed by atoms with Crippen LogP contribution in [0.3, 0.4) is 0 Å². The molecule has 4 N–H and O–H groups in total. The molecule has 98 valence electrons. The third-order valence-electron chi connectivity index (χ3n) is 3.51. The van der Waals surface area contributed by atoms with E-state index in [9.17, 15) is 15.0 Å². The van der Waals surface area contributed by atoms with Crippen LogP contribution in [-0.4, -0.2) is 40.2 Å². The maximum absolute atomic E-state index is 12.2. The van der Waals surface area contributed by atoms with Gasteiger partial charge in [0, 0.05) is 19.1 Å². The lowest BCUT2D eigenvalue weighted by Gasteiger charge is -2.35. The molecule has 2 atom stereocenters. The molecule has 1 aromatic rings. The predicted molar refractivity (Wildman–Crippen MR) is 67.4 cm³/mol. The minimum Gasteiger partial charge on any atom is -0.508 e. The van der Waals surface area contributed by atoms with Crippen molar-refractivity contribution in [3.8, 4) is 11.5 Å². The number of likely N-dealkylation sites (tertiary alicyclic amines) is 1. The van der Waals surface area contributed by atoms with Gasteiger partial charge in [0.25, 0.3) is 5.91 Å². The highest BCUT2D eigenvalue weighted by Gasteiger charge is 2.28. The molecular formula is C13H18N2O3. The highest BCUT2D eigenvalue weighted by molar-refractivity contribution is 5.97. The summed E-state index contributed by atoms with van der Waals surface area (Å²) in [7, 11) is 0. The Bertz CT molecular complexity index is 462. The molecule has 0 radical (unpaired) electrons. The molecule has 5 heteroatoms. The van der Waals surface area contributed by atoms with E-state index in [1.165, 1.54) is 18.2 Å². The number of amides is 1. The highest BCUT2D eigenvalue weighted by atomic mass is 16.3. The van der Waals surface area contributed by atoms with Crippen molar-refractivity contribution in [1.29, 1.82) is 0 Å². The van der Waals surface area contributed by atoms with Gasteiger partial charge in [-0.2, -0.15) is 0 Å². The van der Waals surface area contributed by atoms with Gasteiger partial charge in [-0.3, -0.25) is 4.79 Å². The van der Waals surface area contributed by atoms with E-state index in [-0.39, 0.29) is 29.0 Å². The van der Waals surface area contributed by atoms with E-state index in [0.717, 1.165) is 6.42 Å². The SMILES string of the molecule is CC1CCN(C(=O)c2cc(O)ccc2O)CC1N. The van der Waals surface area contributed by atoms with Crippen LogP contribution in [0.25, 0.3) is 0 Å². The summed E-state index contributed by atoms with van der Waals surface area (Å²) in [5.41, 5.74) is 6.07. The molecule has 0 aromatic heterocycles. The number of hydrogen-bond donors (Lipinski definition) is 3. The lowest BCUT2D eigenvalue weighted by Crippen LogP contribution is -2.49. The van der Waals surface area contributed by atoms with Gasteiger partial charge in [0.05, 0.1) is 5.56 Å². The molecule has 0 bridgehead atoms. The van der Waals surface area contributed by atoms with Crippen LogP contribution in [0, 0.1) is 5.92 Å². The fourth-order valence-corrected chi connectivity index (χ4v) is 2.15. The molecule has 1 aromatic carbocycles. The molecule has 0 spiro atoms. The molecule has 5 nitrogen and oxygen atoms in total.